The maximum absolute atomic E-state index is 10.1. The number of aliphatic hydroxyl groups is 2. The van der Waals surface area contributed by atoms with Crippen molar-refractivity contribution < 1.29 is 10.2 Å². The molecule has 0 spiro atoms. The second-order valence-corrected chi connectivity index (χ2v) is 7.88. The van der Waals surface area contributed by atoms with Crippen molar-refractivity contribution in [1.29, 1.82) is 0 Å². The Morgan fingerprint density at radius 1 is 0.577 bits per heavy atom. The van der Waals surface area contributed by atoms with Gasteiger partial charge in [0.25, 0.3) is 0 Å². The summed E-state index contributed by atoms with van der Waals surface area (Å²) in [6, 6.07) is 9.16. The molecule has 0 saturated heterocycles. The second kappa shape index (κ2) is 15.2. The average molecular weight is 363 g/mol. The molecule has 0 atom stereocenters. The molecule has 0 amide bonds. The van der Waals surface area contributed by atoms with Crippen molar-refractivity contribution in [2.45, 2.75) is 115 Å². The average Bonchev–Trinajstić information content (AvgIpc) is 2.65. The molecule has 0 aliphatic heterocycles. The van der Waals surface area contributed by atoms with Crippen LogP contribution in [0.2, 0.25) is 0 Å². The van der Waals surface area contributed by atoms with Crippen LogP contribution in [0.3, 0.4) is 0 Å². The van der Waals surface area contributed by atoms with E-state index < -0.39 is 5.79 Å². The predicted molar refractivity (Wildman–Crippen MR) is 112 cm³/mol. The zero-order chi connectivity index (χ0) is 18.9. The van der Waals surface area contributed by atoms with Crippen LogP contribution in [0.15, 0.2) is 30.3 Å². The molecule has 0 aliphatic rings. The lowest BCUT2D eigenvalue weighted by Crippen LogP contribution is -2.24. The van der Waals surface area contributed by atoms with Gasteiger partial charge < -0.3 is 10.2 Å². The van der Waals surface area contributed by atoms with Crippen LogP contribution in [0.1, 0.15) is 115 Å². The summed E-state index contributed by atoms with van der Waals surface area (Å²) in [5, 5.41) is 20.3. The number of hydrogen-bond acceptors (Lipinski definition) is 2. The van der Waals surface area contributed by atoms with Gasteiger partial charge in [0.2, 0.25) is 0 Å². The van der Waals surface area contributed by atoms with Crippen molar-refractivity contribution in [3.8, 4) is 0 Å². The third-order valence-corrected chi connectivity index (χ3v) is 5.37. The van der Waals surface area contributed by atoms with Crippen LogP contribution in [0.25, 0.3) is 0 Å². The van der Waals surface area contributed by atoms with Crippen LogP contribution >= 0.6 is 0 Å². The molecule has 0 aliphatic carbocycles. The SMILES string of the molecule is CCCCCCCCCCCCCCCCCC(O)(O)c1ccccc1. The van der Waals surface area contributed by atoms with E-state index in [9.17, 15) is 10.2 Å². The van der Waals surface area contributed by atoms with Crippen molar-refractivity contribution >= 4 is 0 Å². The molecule has 1 aromatic rings. The van der Waals surface area contributed by atoms with Gasteiger partial charge in [0.15, 0.2) is 5.79 Å². The molecule has 0 heterocycles. The van der Waals surface area contributed by atoms with Gasteiger partial charge >= 0.3 is 0 Å². The Bertz CT molecular complexity index is 413. The first-order valence-electron chi connectivity index (χ1n) is 11.2. The van der Waals surface area contributed by atoms with E-state index in [2.05, 4.69) is 6.92 Å². The van der Waals surface area contributed by atoms with Gasteiger partial charge in [0.05, 0.1) is 0 Å². The highest BCUT2D eigenvalue weighted by Crippen LogP contribution is 2.24. The van der Waals surface area contributed by atoms with Crippen LogP contribution in [-0.4, -0.2) is 10.2 Å². The highest BCUT2D eigenvalue weighted by Gasteiger charge is 2.24. The lowest BCUT2D eigenvalue weighted by molar-refractivity contribution is -0.175. The van der Waals surface area contributed by atoms with Gasteiger partial charge in [-0.1, -0.05) is 127 Å². The van der Waals surface area contributed by atoms with Crippen LogP contribution in [-0.2, 0) is 5.79 Å². The molecule has 0 saturated carbocycles. The summed E-state index contributed by atoms with van der Waals surface area (Å²) in [6.45, 7) is 2.27. The van der Waals surface area contributed by atoms with Crippen LogP contribution in [0, 0.1) is 0 Å². The summed E-state index contributed by atoms with van der Waals surface area (Å²) in [7, 11) is 0. The lowest BCUT2D eigenvalue weighted by Gasteiger charge is -2.22. The third kappa shape index (κ3) is 11.7. The summed E-state index contributed by atoms with van der Waals surface area (Å²) >= 11 is 0. The minimum atomic E-state index is -1.67. The molecule has 2 nitrogen and oxygen atoms in total. The zero-order valence-electron chi connectivity index (χ0n) is 17.1. The molecule has 0 radical (unpaired) electrons. The van der Waals surface area contributed by atoms with Crippen molar-refractivity contribution in [2.75, 3.05) is 0 Å². The second-order valence-electron chi connectivity index (χ2n) is 7.88. The van der Waals surface area contributed by atoms with E-state index in [-0.39, 0.29) is 0 Å². The Morgan fingerprint density at radius 2 is 0.962 bits per heavy atom. The maximum atomic E-state index is 10.1. The van der Waals surface area contributed by atoms with Gasteiger partial charge in [-0.25, -0.2) is 0 Å². The Kier molecular flexibility index (Phi) is 13.6. The number of unbranched alkanes of at least 4 members (excludes halogenated alkanes) is 14. The van der Waals surface area contributed by atoms with Crippen LogP contribution in [0.4, 0.5) is 0 Å². The Labute approximate surface area is 162 Å². The largest absolute Gasteiger partial charge is 0.362 e. The van der Waals surface area contributed by atoms with E-state index >= 15 is 0 Å². The first-order chi connectivity index (χ1) is 12.7. The molecule has 2 N–H and O–H groups in total. The fourth-order valence-electron chi connectivity index (χ4n) is 3.59. The van der Waals surface area contributed by atoms with Crippen LogP contribution < -0.4 is 0 Å². The maximum Gasteiger partial charge on any atom is 0.189 e. The first-order valence-corrected chi connectivity index (χ1v) is 11.2. The number of benzene rings is 1. The summed E-state index contributed by atoms with van der Waals surface area (Å²) < 4.78 is 0. The Balaban J connectivity index is 1.85. The molecule has 0 fully saturated rings. The minimum Gasteiger partial charge on any atom is -0.362 e. The third-order valence-electron chi connectivity index (χ3n) is 5.37. The molecule has 0 bridgehead atoms. The fourth-order valence-corrected chi connectivity index (χ4v) is 3.59. The van der Waals surface area contributed by atoms with E-state index in [0.717, 1.165) is 12.8 Å². The number of rotatable bonds is 17. The Hall–Kier alpha value is -0.860. The highest BCUT2D eigenvalue weighted by molar-refractivity contribution is 5.19. The summed E-state index contributed by atoms with van der Waals surface area (Å²) in [5.41, 5.74) is 0.602. The van der Waals surface area contributed by atoms with Crippen molar-refractivity contribution in [3.05, 3.63) is 35.9 Å². The van der Waals surface area contributed by atoms with Crippen molar-refractivity contribution in [2.24, 2.45) is 0 Å². The molecular formula is C24H42O2. The standard InChI is InChI=1S/C24H42O2/c1-2-3-4-5-6-7-8-9-10-11-12-13-14-15-19-22-24(25,26)23-20-17-16-18-21-23/h16-18,20-21,25-26H,2-15,19,22H2,1H3. The summed E-state index contributed by atoms with van der Waals surface area (Å²) in [4.78, 5) is 0. The molecular weight excluding hydrogens is 320 g/mol. The van der Waals surface area contributed by atoms with E-state index in [1.165, 1.54) is 83.5 Å². The summed E-state index contributed by atoms with van der Waals surface area (Å²) in [6.07, 6.45) is 20.3. The van der Waals surface area contributed by atoms with Crippen molar-refractivity contribution in [1.82, 2.24) is 0 Å². The minimum absolute atomic E-state index is 0.426. The van der Waals surface area contributed by atoms with E-state index in [1.54, 1.807) is 12.1 Å². The van der Waals surface area contributed by atoms with Gasteiger partial charge in [-0.15, -0.1) is 0 Å². The highest BCUT2D eigenvalue weighted by atomic mass is 16.5. The normalized spacial score (nSPS) is 11.8. The van der Waals surface area contributed by atoms with E-state index in [0.29, 0.717) is 12.0 Å². The van der Waals surface area contributed by atoms with E-state index in [1.807, 2.05) is 18.2 Å². The topological polar surface area (TPSA) is 40.5 Å². The molecule has 150 valence electrons. The molecule has 2 heteroatoms. The van der Waals surface area contributed by atoms with E-state index in [4.69, 9.17) is 0 Å². The number of hydrogen-bond donors (Lipinski definition) is 2. The smallest absolute Gasteiger partial charge is 0.189 e. The predicted octanol–water partition coefficient (Wildman–Crippen LogP) is 7.09. The molecule has 1 rings (SSSR count). The van der Waals surface area contributed by atoms with Gasteiger partial charge in [0, 0.05) is 12.0 Å². The molecule has 0 aromatic heterocycles. The Morgan fingerprint density at radius 3 is 1.38 bits per heavy atom. The van der Waals surface area contributed by atoms with Gasteiger partial charge in [-0.05, 0) is 6.42 Å². The fraction of sp³-hybridized carbons (Fsp3) is 0.750. The first kappa shape index (κ1) is 23.2. The van der Waals surface area contributed by atoms with Gasteiger partial charge in [0.1, 0.15) is 0 Å². The van der Waals surface area contributed by atoms with Crippen molar-refractivity contribution in [3.63, 3.8) is 0 Å². The summed E-state index contributed by atoms with van der Waals surface area (Å²) in [5.74, 6) is -1.67. The van der Waals surface area contributed by atoms with Gasteiger partial charge in [-0.2, -0.15) is 0 Å². The molecule has 26 heavy (non-hydrogen) atoms. The molecule has 0 unspecified atom stereocenters. The molecule has 1 aromatic carbocycles. The van der Waals surface area contributed by atoms with Crippen LogP contribution in [0.5, 0.6) is 0 Å². The van der Waals surface area contributed by atoms with Gasteiger partial charge in [-0.3, -0.25) is 0 Å². The monoisotopic (exact) mass is 362 g/mol. The lowest BCUT2D eigenvalue weighted by atomic mass is 9.98. The quantitative estimate of drug-likeness (QED) is 0.229. The zero-order valence-corrected chi connectivity index (χ0v) is 17.1.